The molecule has 6 nitrogen and oxygen atoms in total. The zero-order valence-corrected chi connectivity index (χ0v) is 8.77. The molecule has 0 saturated carbocycles. The van der Waals surface area contributed by atoms with Gasteiger partial charge in [0.1, 0.15) is 0 Å². The van der Waals surface area contributed by atoms with E-state index in [9.17, 15) is 4.79 Å². The summed E-state index contributed by atoms with van der Waals surface area (Å²) < 4.78 is 4.69. The van der Waals surface area contributed by atoms with Crippen LogP contribution in [0.2, 0.25) is 0 Å². The maximum absolute atomic E-state index is 10.9. The standard InChI is InChI=1S/C8H8N4O2S/c1-2-14-7(13)4-3-6-5-10-8(15-6)11-12-9/h3-5H,2H2,1H3. The molecule has 0 amide bonds. The van der Waals surface area contributed by atoms with Gasteiger partial charge in [-0.25, -0.2) is 9.78 Å². The van der Waals surface area contributed by atoms with Gasteiger partial charge in [0, 0.05) is 22.1 Å². The Morgan fingerprint density at radius 1 is 1.87 bits per heavy atom. The van der Waals surface area contributed by atoms with Crippen LogP contribution in [0.15, 0.2) is 17.4 Å². The molecule has 7 heteroatoms. The van der Waals surface area contributed by atoms with Gasteiger partial charge in [-0.2, -0.15) is 0 Å². The van der Waals surface area contributed by atoms with Crippen molar-refractivity contribution in [2.75, 3.05) is 6.61 Å². The highest BCUT2D eigenvalue weighted by Gasteiger charge is 1.98. The molecular formula is C8H8N4O2S. The molecule has 0 saturated heterocycles. The summed E-state index contributed by atoms with van der Waals surface area (Å²) in [7, 11) is 0. The largest absolute Gasteiger partial charge is 0.463 e. The van der Waals surface area contributed by atoms with Gasteiger partial charge in [0.2, 0.25) is 0 Å². The quantitative estimate of drug-likeness (QED) is 0.259. The Balaban J connectivity index is 2.64. The summed E-state index contributed by atoms with van der Waals surface area (Å²) in [5.74, 6) is -0.406. The van der Waals surface area contributed by atoms with Gasteiger partial charge in [-0.3, -0.25) is 0 Å². The number of nitrogens with zero attached hydrogens (tertiary/aromatic N) is 4. The Kier molecular flexibility index (Phi) is 4.33. The highest BCUT2D eigenvalue weighted by molar-refractivity contribution is 7.16. The van der Waals surface area contributed by atoms with Crippen molar-refractivity contribution in [1.29, 1.82) is 0 Å². The number of hydrogen-bond donors (Lipinski definition) is 0. The normalized spacial score (nSPS) is 9.93. The van der Waals surface area contributed by atoms with Gasteiger partial charge < -0.3 is 4.74 Å². The smallest absolute Gasteiger partial charge is 0.330 e. The van der Waals surface area contributed by atoms with E-state index in [1.165, 1.54) is 23.6 Å². The Hall–Kier alpha value is -1.85. The van der Waals surface area contributed by atoms with Crippen LogP contribution in [-0.2, 0) is 9.53 Å². The van der Waals surface area contributed by atoms with Crippen molar-refractivity contribution in [2.45, 2.75) is 6.92 Å². The fourth-order valence-corrected chi connectivity index (χ4v) is 1.41. The van der Waals surface area contributed by atoms with Gasteiger partial charge in [0.15, 0.2) is 5.13 Å². The first kappa shape index (κ1) is 11.2. The van der Waals surface area contributed by atoms with Crippen LogP contribution in [0, 0.1) is 0 Å². The molecule has 0 atom stereocenters. The molecule has 0 aliphatic heterocycles. The highest BCUT2D eigenvalue weighted by atomic mass is 32.1. The Bertz CT molecular complexity index is 420. The Labute approximate surface area is 89.8 Å². The number of aromatic nitrogens is 1. The monoisotopic (exact) mass is 224 g/mol. The molecule has 0 bridgehead atoms. The van der Waals surface area contributed by atoms with Crippen LogP contribution >= 0.6 is 11.3 Å². The van der Waals surface area contributed by atoms with E-state index in [4.69, 9.17) is 10.3 Å². The van der Waals surface area contributed by atoms with E-state index in [-0.39, 0.29) is 0 Å². The third kappa shape index (κ3) is 3.80. The van der Waals surface area contributed by atoms with Crippen molar-refractivity contribution < 1.29 is 9.53 Å². The van der Waals surface area contributed by atoms with Gasteiger partial charge in [0.25, 0.3) is 0 Å². The minimum Gasteiger partial charge on any atom is -0.463 e. The van der Waals surface area contributed by atoms with E-state index in [1.54, 1.807) is 13.0 Å². The van der Waals surface area contributed by atoms with E-state index >= 15 is 0 Å². The molecule has 1 heterocycles. The summed E-state index contributed by atoms with van der Waals surface area (Å²) in [5, 5.41) is 3.65. The molecule has 0 radical (unpaired) electrons. The first-order valence-corrected chi connectivity index (χ1v) is 4.93. The number of azide groups is 1. The molecule has 0 fully saturated rings. The van der Waals surface area contributed by atoms with Crippen molar-refractivity contribution in [1.82, 2.24) is 4.98 Å². The SMILES string of the molecule is CCOC(=O)C=Cc1cnc(N=[N+]=[N-])s1. The molecule has 0 unspecified atom stereocenters. The fraction of sp³-hybridized carbons (Fsp3) is 0.250. The molecule has 1 aromatic heterocycles. The summed E-state index contributed by atoms with van der Waals surface area (Å²) in [6, 6.07) is 0. The molecule has 1 rings (SSSR count). The fourth-order valence-electron chi connectivity index (χ4n) is 0.779. The second-order valence-electron chi connectivity index (χ2n) is 2.32. The zero-order valence-electron chi connectivity index (χ0n) is 7.95. The molecule has 0 aromatic carbocycles. The Morgan fingerprint density at radius 2 is 2.67 bits per heavy atom. The number of carbonyl (C=O) groups is 1. The lowest BCUT2D eigenvalue weighted by Gasteiger charge is -1.92. The highest BCUT2D eigenvalue weighted by Crippen LogP contribution is 2.21. The molecule has 0 aliphatic rings. The lowest BCUT2D eigenvalue weighted by atomic mass is 10.4. The molecule has 0 spiro atoms. The Morgan fingerprint density at radius 3 is 3.33 bits per heavy atom. The summed E-state index contributed by atoms with van der Waals surface area (Å²) in [4.78, 5) is 18.1. The van der Waals surface area contributed by atoms with Crippen LogP contribution < -0.4 is 0 Å². The van der Waals surface area contributed by atoms with Crippen LogP contribution in [-0.4, -0.2) is 17.6 Å². The van der Waals surface area contributed by atoms with Crippen molar-refractivity contribution in [3.8, 4) is 0 Å². The molecule has 1 aromatic rings. The number of thiazole rings is 1. The second-order valence-corrected chi connectivity index (χ2v) is 3.36. The minimum absolute atomic E-state index is 0.320. The number of carbonyl (C=O) groups excluding carboxylic acids is 1. The van der Waals surface area contributed by atoms with E-state index in [2.05, 4.69) is 15.0 Å². The van der Waals surface area contributed by atoms with Gasteiger partial charge in [0.05, 0.1) is 6.61 Å². The van der Waals surface area contributed by atoms with Crippen LogP contribution in [0.25, 0.3) is 16.5 Å². The predicted molar refractivity (Wildman–Crippen MR) is 56.6 cm³/mol. The number of rotatable bonds is 4. The van der Waals surface area contributed by atoms with Gasteiger partial charge in [-0.05, 0) is 23.6 Å². The third-order valence-corrected chi connectivity index (χ3v) is 2.16. The van der Waals surface area contributed by atoms with E-state index in [0.717, 1.165) is 4.88 Å². The predicted octanol–water partition coefficient (Wildman–Crippen LogP) is 2.66. The van der Waals surface area contributed by atoms with Gasteiger partial charge in [-0.1, -0.05) is 0 Å². The van der Waals surface area contributed by atoms with Crippen molar-refractivity contribution in [3.63, 3.8) is 0 Å². The second kappa shape index (κ2) is 5.79. The van der Waals surface area contributed by atoms with Gasteiger partial charge in [-0.15, -0.1) is 11.3 Å². The van der Waals surface area contributed by atoms with Crippen molar-refractivity contribution in [3.05, 3.63) is 27.6 Å². The maximum atomic E-state index is 10.9. The average molecular weight is 224 g/mol. The molecule has 78 valence electrons. The van der Waals surface area contributed by atoms with Crippen molar-refractivity contribution >= 4 is 28.5 Å². The van der Waals surface area contributed by atoms with E-state index in [0.29, 0.717) is 11.7 Å². The topological polar surface area (TPSA) is 88.0 Å². The third-order valence-electron chi connectivity index (χ3n) is 1.31. The summed E-state index contributed by atoms with van der Waals surface area (Å²) in [6.45, 7) is 2.08. The van der Waals surface area contributed by atoms with Crippen LogP contribution in [0.3, 0.4) is 0 Å². The molecular weight excluding hydrogens is 216 g/mol. The van der Waals surface area contributed by atoms with Crippen LogP contribution in [0.4, 0.5) is 5.13 Å². The molecule has 0 N–H and O–H groups in total. The van der Waals surface area contributed by atoms with Crippen LogP contribution in [0.1, 0.15) is 11.8 Å². The lowest BCUT2D eigenvalue weighted by molar-refractivity contribution is -0.137. The summed E-state index contributed by atoms with van der Waals surface area (Å²) in [6.07, 6.45) is 4.38. The first-order chi connectivity index (χ1) is 7.26. The lowest BCUT2D eigenvalue weighted by Crippen LogP contribution is -1.98. The number of ether oxygens (including phenoxy) is 1. The van der Waals surface area contributed by atoms with Crippen molar-refractivity contribution in [2.24, 2.45) is 5.11 Å². The molecule has 15 heavy (non-hydrogen) atoms. The van der Waals surface area contributed by atoms with Crippen LogP contribution in [0.5, 0.6) is 0 Å². The summed E-state index contributed by atoms with van der Waals surface area (Å²) >= 11 is 1.19. The number of esters is 1. The average Bonchev–Trinajstić information content (AvgIpc) is 2.64. The maximum Gasteiger partial charge on any atom is 0.330 e. The molecule has 0 aliphatic carbocycles. The zero-order chi connectivity index (χ0) is 11.1. The van der Waals surface area contributed by atoms with E-state index in [1.807, 2.05) is 0 Å². The number of hydrogen-bond acceptors (Lipinski definition) is 5. The first-order valence-electron chi connectivity index (χ1n) is 4.12. The summed E-state index contributed by atoms with van der Waals surface area (Å²) in [5.41, 5.74) is 8.15. The van der Waals surface area contributed by atoms with E-state index < -0.39 is 5.97 Å². The minimum atomic E-state index is -0.406. The van der Waals surface area contributed by atoms with Gasteiger partial charge >= 0.3 is 5.97 Å².